The fourth-order valence-corrected chi connectivity index (χ4v) is 4.04. The van der Waals surface area contributed by atoms with Crippen molar-refractivity contribution in [2.45, 2.75) is 0 Å². The van der Waals surface area contributed by atoms with Crippen molar-refractivity contribution in [1.29, 1.82) is 5.26 Å². The molecule has 4 aromatic rings. The first kappa shape index (κ1) is 23.1. The summed E-state index contributed by atoms with van der Waals surface area (Å²) in [7, 11) is 4.55. The highest BCUT2D eigenvalue weighted by molar-refractivity contribution is 9.10. The van der Waals surface area contributed by atoms with Crippen LogP contribution in [0.25, 0.3) is 33.5 Å². The smallest absolute Gasteiger partial charge is 0.266 e. The molecule has 34 heavy (non-hydrogen) atoms. The van der Waals surface area contributed by atoms with E-state index >= 15 is 0 Å². The van der Waals surface area contributed by atoms with Crippen molar-refractivity contribution in [2.75, 3.05) is 21.3 Å². The van der Waals surface area contributed by atoms with Crippen molar-refractivity contribution in [2.24, 2.45) is 0 Å². The number of hydrogen-bond donors (Lipinski definition) is 1. The number of methoxy groups -OCH3 is 3. The number of hydrogen-bond acceptors (Lipinski definition) is 5. The number of pyridine rings is 1. The van der Waals surface area contributed by atoms with E-state index in [1.54, 1.807) is 18.2 Å². The Labute approximate surface area is 205 Å². The molecule has 0 aliphatic carbocycles. The number of nitriles is 1. The topological polar surface area (TPSA) is 84.3 Å². The Kier molecular flexibility index (Phi) is 6.71. The number of H-pyrrole nitrogens is 1. The zero-order valence-electron chi connectivity index (χ0n) is 18.8. The van der Waals surface area contributed by atoms with Gasteiger partial charge in [0.1, 0.15) is 11.6 Å². The van der Waals surface area contributed by atoms with Gasteiger partial charge in [0.25, 0.3) is 5.56 Å². The van der Waals surface area contributed by atoms with Gasteiger partial charge in [-0.25, -0.2) is 0 Å². The maximum atomic E-state index is 12.8. The predicted molar refractivity (Wildman–Crippen MR) is 135 cm³/mol. The maximum absolute atomic E-state index is 12.8. The lowest BCUT2D eigenvalue weighted by molar-refractivity contribution is 0.324. The summed E-state index contributed by atoms with van der Waals surface area (Å²) in [6.45, 7) is 0. The summed E-state index contributed by atoms with van der Waals surface area (Å²) in [5.41, 5.74) is 4.15. The van der Waals surface area contributed by atoms with Gasteiger partial charge in [0.15, 0.2) is 11.5 Å². The molecular formula is C27H21BrN2O4. The monoisotopic (exact) mass is 516 g/mol. The first-order chi connectivity index (χ1) is 16.5. The fourth-order valence-electron chi connectivity index (χ4n) is 3.78. The molecule has 0 atom stereocenters. The molecule has 0 aliphatic heterocycles. The normalized spacial score (nSPS) is 10.4. The van der Waals surface area contributed by atoms with Crippen LogP contribution in [0.4, 0.5) is 0 Å². The average Bonchev–Trinajstić information content (AvgIpc) is 2.87. The van der Waals surface area contributed by atoms with Crippen molar-refractivity contribution in [3.63, 3.8) is 0 Å². The van der Waals surface area contributed by atoms with E-state index in [1.165, 1.54) is 21.3 Å². The van der Waals surface area contributed by atoms with Crippen molar-refractivity contribution in [3.8, 4) is 56.8 Å². The van der Waals surface area contributed by atoms with Gasteiger partial charge in [0, 0.05) is 15.7 Å². The van der Waals surface area contributed by atoms with E-state index in [0.717, 1.165) is 21.2 Å². The third kappa shape index (κ3) is 4.41. The molecule has 0 fully saturated rings. The largest absolute Gasteiger partial charge is 0.493 e. The Balaban J connectivity index is 1.82. The van der Waals surface area contributed by atoms with Crippen LogP contribution >= 0.6 is 15.9 Å². The molecule has 0 amide bonds. The molecule has 1 heterocycles. The summed E-state index contributed by atoms with van der Waals surface area (Å²) in [5.74, 6) is 1.30. The van der Waals surface area contributed by atoms with E-state index in [0.29, 0.717) is 34.1 Å². The number of aromatic amines is 1. The molecule has 3 aromatic carbocycles. The van der Waals surface area contributed by atoms with Gasteiger partial charge in [0.05, 0.1) is 21.3 Å². The summed E-state index contributed by atoms with van der Waals surface area (Å²) in [4.78, 5) is 15.6. The van der Waals surface area contributed by atoms with Gasteiger partial charge in [-0.2, -0.15) is 5.26 Å². The van der Waals surface area contributed by atoms with Gasteiger partial charge in [-0.15, -0.1) is 0 Å². The number of nitrogens with zero attached hydrogens (tertiary/aromatic N) is 1. The van der Waals surface area contributed by atoms with Crippen LogP contribution in [0.1, 0.15) is 5.56 Å². The van der Waals surface area contributed by atoms with Crippen LogP contribution in [-0.4, -0.2) is 26.3 Å². The van der Waals surface area contributed by atoms with Gasteiger partial charge in [-0.3, -0.25) is 4.79 Å². The van der Waals surface area contributed by atoms with Crippen molar-refractivity contribution in [3.05, 3.63) is 87.1 Å². The first-order valence-corrected chi connectivity index (χ1v) is 11.1. The van der Waals surface area contributed by atoms with E-state index < -0.39 is 5.56 Å². The minimum atomic E-state index is -0.472. The highest BCUT2D eigenvalue weighted by atomic mass is 79.9. The zero-order valence-corrected chi connectivity index (χ0v) is 20.4. The van der Waals surface area contributed by atoms with E-state index in [-0.39, 0.29) is 5.56 Å². The Morgan fingerprint density at radius 1 is 0.765 bits per heavy atom. The molecule has 0 bridgehead atoms. The number of halogens is 1. The molecule has 0 spiro atoms. The molecule has 0 saturated carbocycles. The fraction of sp³-hybridized carbons (Fsp3) is 0.111. The SMILES string of the molecule is COc1cc(-c2cc(-c3ccc(-c4ccc(Br)cc4)cc3)[nH]c(=O)c2C#N)cc(OC)c1OC. The van der Waals surface area contributed by atoms with E-state index in [1.807, 2.05) is 54.6 Å². The van der Waals surface area contributed by atoms with Gasteiger partial charge in [-0.1, -0.05) is 52.3 Å². The number of ether oxygens (including phenoxy) is 3. The second kappa shape index (κ2) is 9.86. The van der Waals surface area contributed by atoms with Crippen LogP contribution in [0.5, 0.6) is 17.2 Å². The molecule has 4 rings (SSSR count). The summed E-state index contributed by atoms with van der Waals surface area (Å²) < 4.78 is 17.3. The first-order valence-electron chi connectivity index (χ1n) is 10.3. The molecule has 1 N–H and O–H groups in total. The molecule has 6 nitrogen and oxygen atoms in total. The molecular weight excluding hydrogens is 496 g/mol. The lowest BCUT2D eigenvalue weighted by Crippen LogP contribution is -2.12. The van der Waals surface area contributed by atoms with Crippen LogP contribution in [0.15, 0.2) is 76.0 Å². The van der Waals surface area contributed by atoms with Crippen LogP contribution < -0.4 is 19.8 Å². The lowest BCUT2D eigenvalue weighted by atomic mass is 9.97. The van der Waals surface area contributed by atoms with Gasteiger partial charge < -0.3 is 19.2 Å². The Morgan fingerprint density at radius 3 is 1.79 bits per heavy atom. The van der Waals surface area contributed by atoms with Crippen LogP contribution in [0, 0.1) is 11.3 Å². The molecule has 0 aliphatic rings. The van der Waals surface area contributed by atoms with E-state index in [9.17, 15) is 10.1 Å². The highest BCUT2D eigenvalue weighted by Crippen LogP contribution is 2.42. The second-order valence-electron chi connectivity index (χ2n) is 7.41. The lowest BCUT2D eigenvalue weighted by Gasteiger charge is -2.15. The van der Waals surface area contributed by atoms with Crippen LogP contribution in [-0.2, 0) is 0 Å². The minimum Gasteiger partial charge on any atom is -0.493 e. The molecule has 1 aromatic heterocycles. The Bertz CT molecular complexity index is 1410. The van der Waals surface area contributed by atoms with Gasteiger partial charge in [-0.05, 0) is 52.6 Å². The van der Waals surface area contributed by atoms with Crippen LogP contribution in [0.2, 0.25) is 0 Å². The molecule has 0 saturated heterocycles. The predicted octanol–water partition coefficient (Wildman–Crippen LogP) is 6.04. The van der Waals surface area contributed by atoms with Gasteiger partial charge >= 0.3 is 0 Å². The standard InChI is InChI=1S/C27H21BrN2O4/c1-32-24-12-19(13-25(33-2)26(24)34-3)21-14-23(30-27(31)22(21)15-29)18-6-4-16(5-7-18)17-8-10-20(28)11-9-17/h4-14H,1-3H3,(H,30,31). The number of rotatable bonds is 6. The molecule has 0 unspecified atom stereocenters. The zero-order chi connectivity index (χ0) is 24.2. The summed E-state index contributed by atoms with van der Waals surface area (Å²) >= 11 is 3.45. The number of benzene rings is 3. The molecule has 170 valence electrons. The van der Waals surface area contributed by atoms with Crippen molar-refractivity contribution < 1.29 is 14.2 Å². The molecule has 0 radical (unpaired) electrons. The third-order valence-electron chi connectivity index (χ3n) is 5.49. The van der Waals surface area contributed by atoms with Crippen molar-refractivity contribution in [1.82, 2.24) is 4.98 Å². The average molecular weight is 517 g/mol. The van der Waals surface area contributed by atoms with E-state index in [2.05, 4.69) is 20.9 Å². The minimum absolute atomic E-state index is 0.00417. The van der Waals surface area contributed by atoms with Gasteiger partial charge in [0.2, 0.25) is 5.75 Å². The van der Waals surface area contributed by atoms with Crippen LogP contribution in [0.3, 0.4) is 0 Å². The summed E-state index contributed by atoms with van der Waals surface area (Å²) in [6.07, 6.45) is 0. The summed E-state index contributed by atoms with van der Waals surface area (Å²) in [6, 6.07) is 23.2. The van der Waals surface area contributed by atoms with Crippen molar-refractivity contribution >= 4 is 15.9 Å². The number of nitrogens with one attached hydrogen (secondary N) is 1. The van der Waals surface area contributed by atoms with E-state index in [4.69, 9.17) is 14.2 Å². The summed E-state index contributed by atoms with van der Waals surface area (Å²) in [5, 5.41) is 9.70. The second-order valence-corrected chi connectivity index (χ2v) is 8.33. The Morgan fingerprint density at radius 2 is 1.29 bits per heavy atom. The third-order valence-corrected chi connectivity index (χ3v) is 6.02. The molecule has 7 heteroatoms. The Hall–Kier alpha value is -4.02. The quantitative estimate of drug-likeness (QED) is 0.337. The highest BCUT2D eigenvalue weighted by Gasteiger charge is 2.18. The number of aromatic nitrogens is 1. The maximum Gasteiger partial charge on any atom is 0.266 e.